The molecule has 0 saturated carbocycles. The van der Waals surface area contributed by atoms with Crippen molar-refractivity contribution >= 4 is 23.5 Å². The van der Waals surface area contributed by atoms with E-state index in [1.807, 2.05) is 13.0 Å². The quantitative estimate of drug-likeness (QED) is 0.806. The van der Waals surface area contributed by atoms with Crippen LogP contribution < -0.4 is 0 Å². The summed E-state index contributed by atoms with van der Waals surface area (Å²) < 4.78 is 5.06. The molecule has 0 unspecified atom stereocenters. The van der Waals surface area contributed by atoms with Crippen molar-refractivity contribution in [1.29, 1.82) is 0 Å². The van der Waals surface area contributed by atoms with Gasteiger partial charge in [-0.25, -0.2) is 0 Å². The number of hydrogen-bond donors (Lipinski definition) is 0. The predicted octanol–water partition coefficient (Wildman–Crippen LogP) is 3.06. The lowest BCUT2D eigenvalue weighted by molar-refractivity contribution is -0.149. The molecule has 1 atom stereocenters. The number of amides is 1. The monoisotopic (exact) mass is 309 g/mol. The number of halogens is 1. The van der Waals surface area contributed by atoms with Crippen LogP contribution in [0.4, 0.5) is 0 Å². The number of hydrogen-bond acceptors (Lipinski definition) is 3. The van der Waals surface area contributed by atoms with E-state index in [-0.39, 0.29) is 17.8 Å². The predicted molar refractivity (Wildman–Crippen MR) is 81.4 cm³/mol. The second-order valence-electron chi connectivity index (χ2n) is 5.30. The number of rotatable bonds is 3. The fraction of sp³-hybridized carbons (Fsp3) is 0.500. The van der Waals surface area contributed by atoms with Gasteiger partial charge in [0.05, 0.1) is 12.5 Å². The Morgan fingerprint density at radius 1 is 1.43 bits per heavy atom. The zero-order valence-electron chi connectivity index (χ0n) is 12.4. The summed E-state index contributed by atoms with van der Waals surface area (Å²) >= 11 is 5.98. The first kappa shape index (κ1) is 15.8. The van der Waals surface area contributed by atoms with E-state index in [1.54, 1.807) is 24.0 Å². The topological polar surface area (TPSA) is 46.6 Å². The maximum atomic E-state index is 12.6. The summed E-state index contributed by atoms with van der Waals surface area (Å²) in [5, 5.41) is 0.544. The molecule has 0 N–H and O–H groups in total. The number of esters is 1. The molecule has 0 bridgehead atoms. The lowest BCUT2D eigenvalue weighted by Gasteiger charge is -2.32. The van der Waals surface area contributed by atoms with Gasteiger partial charge in [-0.05, 0) is 44.4 Å². The van der Waals surface area contributed by atoms with Crippen molar-refractivity contribution < 1.29 is 14.3 Å². The van der Waals surface area contributed by atoms with Crippen molar-refractivity contribution in [3.8, 4) is 0 Å². The fourth-order valence-corrected chi connectivity index (χ4v) is 2.78. The number of piperidine rings is 1. The standard InChI is InChI=1S/C16H20ClNO3/c1-3-21-16(20)12-5-4-8-18(10-12)15(19)14-9-13(17)7-6-11(14)2/h6-7,9,12H,3-5,8,10H2,1-2H3/t12-/m1/s1. The average Bonchev–Trinajstić information content (AvgIpc) is 2.49. The molecule has 1 amide bonds. The molecule has 4 nitrogen and oxygen atoms in total. The summed E-state index contributed by atoms with van der Waals surface area (Å²) in [5.41, 5.74) is 1.50. The van der Waals surface area contributed by atoms with Gasteiger partial charge in [-0.1, -0.05) is 17.7 Å². The van der Waals surface area contributed by atoms with E-state index in [0.717, 1.165) is 18.4 Å². The van der Waals surface area contributed by atoms with Crippen LogP contribution in [0.5, 0.6) is 0 Å². The Labute approximate surface area is 130 Å². The van der Waals surface area contributed by atoms with Crippen LogP contribution in [-0.4, -0.2) is 36.5 Å². The number of likely N-dealkylation sites (tertiary alicyclic amines) is 1. The third-order valence-corrected chi connectivity index (χ3v) is 3.99. The number of ether oxygens (including phenoxy) is 1. The van der Waals surface area contributed by atoms with E-state index in [0.29, 0.717) is 30.3 Å². The number of nitrogens with zero attached hydrogens (tertiary/aromatic N) is 1. The van der Waals surface area contributed by atoms with Crippen LogP contribution in [0.15, 0.2) is 18.2 Å². The highest BCUT2D eigenvalue weighted by Crippen LogP contribution is 2.22. The van der Waals surface area contributed by atoms with Gasteiger partial charge in [0, 0.05) is 23.7 Å². The highest BCUT2D eigenvalue weighted by atomic mass is 35.5. The molecule has 1 aliphatic rings. The molecule has 0 aliphatic carbocycles. The number of benzene rings is 1. The molecular weight excluding hydrogens is 290 g/mol. The number of aryl methyl sites for hydroxylation is 1. The van der Waals surface area contributed by atoms with Crippen molar-refractivity contribution in [2.24, 2.45) is 5.92 Å². The van der Waals surface area contributed by atoms with Crippen LogP contribution >= 0.6 is 11.6 Å². The minimum atomic E-state index is -0.220. The Morgan fingerprint density at radius 3 is 2.90 bits per heavy atom. The van der Waals surface area contributed by atoms with E-state index in [4.69, 9.17) is 16.3 Å². The Morgan fingerprint density at radius 2 is 2.19 bits per heavy atom. The van der Waals surface area contributed by atoms with Crippen molar-refractivity contribution in [3.05, 3.63) is 34.3 Å². The zero-order chi connectivity index (χ0) is 15.4. The molecular formula is C16H20ClNO3. The van der Waals surface area contributed by atoms with E-state index in [9.17, 15) is 9.59 Å². The molecule has 1 aromatic carbocycles. The van der Waals surface area contributed by atoms with E-state index >= 15 is 0 Å². The van der Waals surface area contributed by atoms with Gasteiger partial charge < -0.3 is 9.64 Å². The van der Waals surface area contributed by atoms with E-state index < -0.39 is 0 Å². The Hall–Kier alpha value is -1.55. The molecule has 1 aliphatic heterocycles. The zero-order valence-corrected chi connectivity index (χ0v) is 13.2. The molecule has 114 valence electrons. The summed E-state index contributed by atoms with van der Waals surface area (Å²) in [6.45, 7) is 5.14. The first-order valence-electron chi connectivity index (χ1n) is 7.25. The Balaban J connectivity index is 2.12. The first-order valence-corrected chi connectivity index (χ1v) is 7.62. The summed E-state index contributed by atoms with van der Waals surface area (Å²) in [4.78, 5) is 26.2. The largest absolute Gasteiger partial charge is 0.466 e. The van der Waals surface area contributed by atoms with Gasteiger partial charge in [0.1, 0.15) is 0 Å². The maximum absolute atomic E-state index is 12.6. The van der Waals surface area contributed by atoms with Crippen LogP contribution in [0.3, 0.4) is 0 Å². The Kier molecular flexibility index (Phi) is 5.23. The smallest absolute Gasteiger partial charge is 0.310 e. The minimum absolute atomic E-state index is 0.0657. The molecule has 0 spiro atoms. The number of carbonyl (C=O) groups is 2. The highest BCUT2D eigenvalue weighted by molar-refractivity contribution is 6.31. The van der Waals surface area contributed by atoms with Crippen LogP contribution in [-0.2, 0) is 9.53 Å². The molecule has 1 fully saturated rings. The normalized spacial score (nSPS) is 18.4. The first-order chi connectivity index (χ1) is 10.0. The molecule has 1 aromatic rings. The maximum Gasteiger partial charge on any atom is 0.310 e. The second-order valence-corrected chi connectivity index (χ2v) is 5.74. The van der Waals surface area contributed by atoms with Crippen molar-refractivity contribution in [1.82, 2.24) is 4.90 Å². The summed E-state index contributed by atoms with van der Waals surface area (Å²) in [7, 11) is 0. The molecule has 21 heavy (non-hydrogen) atoms. The van der Waals surface area contributed by atoms with Crippen molar-refractivity contribution in [3.63, 3.8) is 0 Å². The molecule has 5 heteroatoms. The van der Waals surface area contributed by atoms with Crippen LogP contribution in [0, 0.1) is 12.8 Å². The molecule has 0 aromatic heterocycles. The highest BCUT2D eigenvalue weighted by Gasteiger charge is 2.30. The number of carbonyl (C=O) groups excluding carboxylic acids is 2. The fourth-order valence-electron chi connectivity index (χ4n) is 2.61. The SMILES string of the molecule is CCOC(=O)[C@@H]1CCCN(C(=O)c2cc(Cl)ccc2C)C1. The van der Waals surface area contributed by atoms with Crippen molar-refractivity contribution in [2.45, 2.75) is 26.7 Å². The lowest BCUT2D eigenvalue weighted by atomic mass is 9.97. The van der Waals surface area contributed by atoms with E-state index in [1.165, 1.54) is 0 Å². The Bertz CT molecular complexity index is 544. The van der Waals surface area contributed by atoms with Gasteiger partial charge >= 0.3 is 5.97 Å². The van der Waals surface area contributed by atoms with E-state index in [2.05, 4.69) is 0 Å². The van der Waals surface area contributed by atoms with Gasteiger partial charge in [-0.15, -0.1) is 0 Å². The van der Waals surface area contributed by atoms with Gasteiger partial charge in [-0.2, -0.15) is 0 Å². The third kappa shape index (κ3) is 3.76. The van der Waals surface area contributed by atoms with Gasteiger partial charge in [0.2, 0.25) is 0 Å². The molecule has 1 saturated heterocycles. The minimum Gasteiger partial charge on any atom is -0.466 e. The van der Waals surface area contributed by atoms with Crippen LogP contribution in [0.1, 0.15) is 35.7 Å². The third-order valence-electron chi connectivity index (χ3n) is 3.76. The van der Waals surface area contributed by atoms with Gasteiger partial charge in [0.15, 0.2) is 0 Å². The van der Waals surface area contributed by atoms with Gasteiger partial charge in [0.25, 0.3) is 5.91 Å². The van der Waals surface area contributed by atoms with Crippen LogP contribution in [0.2, 0.25) is 5.02 Å². The summed E-state index contributed by atoms with van der Waals surface area (Å²) in [6.07, 6.45) is 1.59. The molecule has 2 rings (SSSR count). The van der Waals surface area contributed by atoms with Crippen molar-refractivity contribution in [2.75, 3.05) is 19.7 Å². The summed E-state index contributed by atoms with van der Waals surface area (Å²) in [6, 6.07) is 5.29. The average molecular weight is 310 g/mol. The molecule has 1 heterocycles. The van der Waals surface area contributed by atoms with Gasteiger partial charge in [-0.3, -0.25) is 9.59 Å². The van der Waals surface area contributed by atoms with Crippen LogP contribution in [0.25, 0.3) is 0 Å². The second kappa shape index (κ2) is 6.94. The summed E-state index contributed by atoms with van der Waals surface area (Å²) in [5.74, 6) is -0.496. The molecule has 0 radical (unpaired) electrons. The lowest BCUT2D eigenvalue weighted by Crippen LogP contribution is -2.43.